The van der Waals surface area contributed by atoms with Crippen LogP contribution in [0.15, 0.2) is 29.6 Å². The van der Waals surface area contributed by atoms with E-state index in [-0.39, 0.29) is 25.0 Å². The summed E-state index contributed by atoms with van der Waals surface area (Å²) in [6.45, 7) is 1.80. The third-order valence-electron chi connectivity index (χ3n) is 5.94. The smallest absolute Gasteiger partial charge is 0.326 e. The number of hydrogen-bond acceptors (Lipinski definition) is 7. The molecule has 2 aromatic rings. The Labute approximate surface area is 194 Å². The van der Waals surface area contributed by atoms with E-state index in [1.165, 1.54) is 11.3 Å². The molecule has 2 unspecified atom stereocenters. The summed E-state index contributed by atoms with van der Waals surface area (Å²) in [4.78, 5) is 43.0. The normalized spacial score (nSPS) is 22.8. The maximum atomic E-state index is 12.9. The standard InChI is InChI=1S/C22H24ClN3O5S/c1-14-4-2-3-9-22(14)20(28)26(21(29)25-22)10-19(27)31-11-16-13-32-18(24-16)12-30-17-7-5-15(23)6-8-17/h5-8,13-14H,2-4,9-12H2,1H3,(H,25,29). The van der Waals surface area contributed by atoms with Gasteiger partial charge in [-0.15, -0.1) is 11.3 Å². The monoisotopic (exact) mass is 477 g/mol. The molecule has 2 atom stereocenters. The van der Waals surface area contributed by atoms with Crippen LogP contribution in [0.4, 0.5) is 4.79 Å². The molecule has 0 radical (unpaired) electrons. The maximum Gasteiger partial charge on any atom is 0.326 e. The van der Waals surface area contributed by atoms with Gasteiger partial charge in [-0.1, -0.05) is 31.4 Å². The first-order chi connectivity index (χ1) is 15.4. The molecule has 1 N–H and O–H groups in total. The number of nitrogens with one attached hydrogen (secondary N) is 1. The topological polar surface area (TPSA) is 97.8 Å². The molecule has 4 rings (SSSR count). The van der Waals surface area contributed by atoms with Crippen LogP contribution in [0.25, 0.3) is 0 Å². The van der Waals surface area contributed by atoms with Gasteiger partial charge in [-0.05, 0) is 43.0 Å². The van der Waals surface area contributed by atoms with Gasteiger partial charge in [-0.25, -0.2) is 9.78 Å². The lowest BCUT2D eigenvalue weighted by Gasteiger charge is -2.36. The van der Waals surface area contributed by atoms with Crippen LogP contribution >= 0.6 is 22.9 Å². The number of rotatable bonds is 7. The Morgan fingerprint density at radius 1 is 1.28 bits per heavy atom. The van der Waals surface area contributed by atoms with E-state index >= 15 is 0 Å². The van der Waals surface area contributed by atoms with Gasteiger partial charge in [0.25, 0.3) is 5.91 Å². The number of carbonyl (C=O) groups is 3. The fourth-order valence-electron chi connectivity index (χ4n) is 4.13. The highest BCUT2D eigenvalue weighted by atomic mass is 35.5. The fraction of sp³-hybridized carbons (Fsp3) is 0.455. The van der Waals surface area contributed by atoms with E-state index in [0.29, 0.717) is 22.9 Å². The summed E-state index contributed by atoms with van der Waals surface area (Å²) in [5.41, 5.74) is -0.309. The maximum absolute atomic E-state index is 12.9. The van der Waals surface area contributed by atoms with Crippen molar-refractivity contribution in [3.05, 3.63) is 45.4 Å². The average molecular weight is 478 g/mol. The number of halogens is 1. The lowest BCUT2D eigenvalue weighted by Crippen LogP contribution is -2.54. The van der Waals surface area contributed by atoms with Crippen LogP contribution in [0, 0.1) is 5.92 Å². The zero-order valence-electron chi connectivity index (χ0n) is 17.6. The summed E-state index contributed by atoms with van der Waals surface area (Å²) >= 11 is 7.25. The number of esters is 1. The minimum Gasteiger partial charge on any atom is -0.486 e. The third-order valence-corrected chi connectivity index (χ3v) is 7.07. The minimum absolute atomic E-state index is 0.0391. The summed E-state index contributed by atoms with van der Waals surface area (Å²) in [6, 6.07) is 6.49. The van der Waals surface area contributed by atoms with Gasteiger partial charge in [0.05, 0.1) is 5.69 Å². The molecule has 2 heterocycles. The van der Waals surface area contributed by atoms with Crippen LogP contribution in [0.2, 0.25) is 5.02 Å². The molecule has 2 fully saturated rings. The quantitative estimate of drug-likeness (QED) is 0.479. The van der Waals surface area contributed by atoms with Crippen LogP contribution in [-0.2, 0) is 27.5 Å². The number of amides is 3. The zero-order chi connectivity index (χ0) is 22.7. The second kappa shape index (κ2) is 9.46. The van der Waals surface area contributed by atoms with Gasteiger partial charge < -0.3 is 14.8 Å². The summed E-state index contributed by atoms with van der Waals surface area (Å²) < 4.78 is 10.9. The van der Waals surface area contributed by atoms with Crippen molar-refractivity contribution in [1.29, 1.82) is 0 Å². The Bertz CT molecular complexity index is 1010. The average Bonchev–Trinajstić information content (AvgIpc) is 3.33. The lowest BCUT2D eigenvalue weighted by atomic mass is 9.73. The molecular formula is C22H24ClN3O5S. The van der Waals surface area contributed by atoms with Crippen molar-refractivity contribution in [2.75, 3.05) is 6.54 Å². The Balaban J connectivity index is 1.27. The highest BCUT2D eigenvalue weighted by Gasteiger charge is 2.55. The number of benzene rings is 1. The van der Waals surface area contributed by atoms with E-state index < -0.39 is 24.1 Å². The van der Waals surface area contributed by atoms with Crippen molar-refractivity contribution < 1.29 is 23.9 Å². The van der Waals surface area contributed by atoms with Gasteiger partial charge >= 0.3 is 12.0 Å². The van der Waals surface area contributed by atoms with Crippen LogP contribution in [-0.4, -0.2) is 39.9 Å². The second-order valence-corrected chi connectivity index (χ2v) is 9.45. The molecule has 1 saturated heterocycles. The molecule has 32 heavy (non-hydrogen) atoms. The number of hydrogen-bond donors (Lipinski definition) is 1. The fourth-order valence-corrected chi connectivity index (χ4v) is 4.94. The van der Waals surface area contributed by atoms with Gasteiger partial charge in [-0.2, -0.15) is 0 Å². The Kier molecular flexibility index (Phi) is 6.66. The van der Waals surface area contributed by atoms with Crippen molar-refractivity contribution in [2.45, 2.75) is 51.4 Å². The summed E-state index contributed by atoms with van der Waals surface area (Å²) in [5.74, 6) is -0.267. The van der Waals surface area contributed by atoms with Gasteiger partial charge in [0.15, 0.2) is 0 Å². The molecule has 1 saturated carbocycles. The molecule has 1 aliphatic heterocycles. The largest absolute Gasteiger partial charge is 0.486 e. The molecule has 0 bridgehead atoms. The van der Waals surface area contributed by atoms with Gasteiger partial charge in [0.1, 0.15) is 36.1 Å². The van der Waals surface area contributed by atoms with Crippen molar-refractivity contribution in [1.82, 2.24) is 15.2 Å². The molecule has 10 heteroatoms. The Morgan fingerprint density at radius 3 is 2.81 bits per heavy atom. The van der Waals surface area contributed by atoms with Crippen molar-refractivity contribution >= 4 is 40.8 Å². The number of imide groups is 1. The van der Waals surface area contributed by atoms with Crippen LogP contribution in [0.5, 0.6) is 5.75 Å². The predicted molar refractivity (Wildman–Crippen MR) is 118 cm³/mol. The first kappa shape index (κ1) is 22.5. The minimum atomic E-state index is -0.885. The Morgan fingerprint density at radius 2 is 2.06 bits per heavy atom. The molecule has 1 aromatic heterocycles. The van der Waals surface area contributed by atoms with Crippen LogP contribution in [0.1, 0.15) is 43.3 Å². The molecule has 1 spiro atoms. The van der Waals surface area contributed by atoms with Crippen LogP contribution in [0.3, 0.4) is 0 Å². The SMILES string of the molecule is CC1CCCCC12NC(=O)N(CC(=O)OCc1csc(COc3ccc(Cl)cc3)n1)C2=O. The third kappa shape index (κ3) is 4.73. The van der Waals surface area contributed by atoms with E-state index in [9.17, 15) is 14.4 Å². The van der Waals surface area contributed by atoms with Crippen molar-refractivity contribution in [2.24, 2.45) is 5.92 Å². The first-order valence-electron chi connectivity index (χ1n) is 10.5. The molecule has 8 nitrogen and oxygen atoms in total. The van der Waals surface area contributed by atoms with E-state index in [1.54, 1.807) is 29.6 Å². The number of aromatic nitrogens is 1. The van der Waals surface area contributed by atoms with Crippen molar-refractivity contribution in [3.8, 4) is 5.75 Å². The molecule has 3 amide bonds. The van der Waals surface area contributed by atoms with Crippen LogP contribution < -0.4 is 10.1 Å². The first-order valence-corrected chi connectivity index (χ1v) is 11.7. The predicted octanol–water partition coefficient (Wildman–Crippen LogP) is 3.92. The Hall–Kier alpha value is -2.65. The molecule has 170 valence electrons. The van der Waals surface area contributed by atoms with Gasteiger partial charge in [0, 0.05) is 10.4 Å². The summed E-state index contributed by atoms with van der Waals surface area (Å²) in [5, 5.41) is 5.97. The number of urea groups is 1. The molecule has 2 aliphatic rings. The summed E-state index contributed by atoms with van der Waals surface area (Å²) in [7, 11) is 0. The molecule has 1 aliphatic carbocycles. The summed E-state index contributed by atoms with van der Waals surface area (Å²) in [6.07, 6.45) is 3.39. The van der Waals surface area contributed by atoms with Crippen molar-refractivity contribution in [3.63, 3.8) is 0 Å². The van der Waals surface area contributed by atoms with E-state index in [1.807, 2.05) is 6.92 Å². The van der Waals surface area contributed by atoms with Gasteiger partial charge in [-0.3, -0.25) is 14.5 Å². The number of nitrogens with zero attached hydrogens (tertiary/aromatic N) is 2. The van der Waals surface area contributed by atoms with E-state index in [4.69, 9.17) is 21.1 Å². The van der Waals surface area contributed by atoms with E-state index in [0.717, 1.165) is 29.2 Å². The number of carbonyl (C=O) groups excluding carboxylic acids is 3. The lowest BCUT2D eigenvalue weighted by molar-refractivity contribution is -0.149. The highest BCUT2D eigenvalue weighted by Crippen LogP contribution is 2.38. The second-order valence-electron chi connectivity index (χ2n) is 8.08. The number of ether oxygens (including phenoxy) is 2. The number of thiazole rings is 1. The zero-order valence-corrected chi connectivity index (χ0v) is 19.2. The van der Waals surface area contributed by atoms with Gasteiger partial charge in [0.2, 0.25) is 0 Å². The highest BCUT2D eigenvalue weighted by molar-refractivity contribution is 7.09. The molecule has 1 aromatic carbocycles. The molecular weight excluding hydrogens is 454 g/mol. The van der Waals surface area contributed by atoms with E-state index in [2.05, 4.69) is 10.3 Å².